The van der Waals surface area contributed by atoms with Crippen molar-refractivity contribution in [3.63, 3.8) is 0 Å². The average molecular weight is 797 g/mol. The van der Waals surface area contributed by atoms with Gasteiger partial charge in [0.25, 0.3) is 0 Å². The molecule has 0 aromatic carbocycles. The van der Waals surface area contributed by atoms with E-state index in [4.69, 9.17) is 14.2 Å². The first-order valence-corrected chi connectivity index (χ1v) is 23.8. The highest BCUT2D eigenvalue weighted by atomic mass is 16.6. The number of carbonyl (C=O) groups excluding carboxylic acids is 3. The largest absolute Gasteiger partial charge is 0.462 e. The van der Waals surface area contributed by atoms with Gasteiger partial charge in [0, 0.05) is 19.3 Å². The highest BCUT2D eigenvalue weighted by Gasteiger charge is 2.19. The molecular formula is C51H88O6. The van der Waals surface area contributed by atoms with Crippen LogP contribution in [0.25, 0.3) is 0 Å². The van der Waals surface area contributed by atoms with E-state index in [-0.39, 0.29) is 37.5 Å². The Labute approximate surface area is 351 Å². The van der Waals surface area contributed by atoms with Gasteiger partial charge in [-0.2, -0.15) is 0 Å². The second-order valence-electron chi connectivity index (χ2n) is 15.6. The maximum atomic E-state index is 12.7. The molecule has 0 aromatic heterocycles. The van der Waals surface area contributed by atoms with Gasteiger partial charge in [-0.05, 0) is 96.3 Å². The predicted molar refractivity (Wildman–Crippen MR) is 242 cm³/mol. The van der Waals surface area contributed by atoms with E-state index in [0.29, 0.717) is 19.3 Å². The first-order chi connectivity index (χ1) is 28.0. The Morgan fingerprint density at radius 1 is 0.368 bits per heavy atom. The molecule has 0 amide bonds. The third kappa shape index (κ3) is 44.1. The molecule has 0 N–H and O–H groups in total. The number of hydrogen-bond acceptors (Lipinski definition) is 6. The van der Waals surface area contributed by atoms with Gasteiger partial charge in [-0.15, -0.1) is 0 Å². The van der Waals surface area contributed by atoms with Crippen molar-refractivity contribution in [2.75, 3.05) is 13.2 Å². The molecule has 6 nitrogen and oxygen atoms in total. The standard InChI is InChI=1S/C51H88O6/c1-4-7-10-13-16-19-22-24-25-27-29-32-35-38-41-44-50(53)56-47-48(46-55-49(52)43-40-37-34-31-28-21-18-15-12-9-6-3)57-51(54)45-42-39-36-33-30-26-23-20-17-14-11-8-5-2/h9,12,18-19,21-22,26,30-31,34,48H,4-8,10-11,13-17,20,23-25,27-29,32-33,35-47H2,1-3H3/b12-9-,21-18-,22-19-,30-26-,34-31-. The van der Waals surface area contributed by atoms with E-state index in [9.17, 15) is 14.4 Å². The van der Waals surface area contributed by atoms with Gasteiger partial charge in [-0.3, -0.25) is 14.4 Å². The minimum Gasteiger partial charge on any atom is -0.462 e. The highest BCUT2D eigenvalue weighted by molar-refractivity contribution is 5.71. The molecule has 328 valence electrons. The van der Waals surface area contributed by atoms with E-state index in [1.165, 1.54) is 103 Å². The van der Waals surface area contributed by atoms with E-state index in [1.807, 2.05) is 0 Å². The second-order valence-corrected chi connectivity index (χ2v) is 15.6. The van der Waals surface area contributed by atoms with E-state index in [0.717, 1.165) is 77.0 Å². The lowest BCUT2D eigenvalue weighted by Gasteiger charge is -2.18. The number of rotatable bonds is 42. The van der Waals surface area contributed by atoms with Crippen LogP contribution >= 0.6 is 0 Å². The maximum Gasteiger partial charge on any atom is 0.306 e. The zero-order valence-corrected chi connectivity index (χ0v) is 37.3. The summed E-state index contributed by atoms with van der Waals surface area (Å²) >= 11 is 0. The van der Waals surface area contributed by atoms with Gasteiger partial charge < -0.3 is 14.2 Å². The average Bonchev–Trinajstić information content (AvgIpc) is 3.21. The molecule has 0 radical (unpaired) electrons. The van der Waals surface area contributed by atoms with Crippen molar-refractivity contribution < 1.29 is 28.6 Å². The molecule has 0 aromatic rings. The molecule has 0 saturated heterocycles. The van der Waals surface area contributed by atoms with E-state index in [1.54, 1.807) is 0 Å². The molecule has 0 aliphatic carbocycles. The zero-order chi connectivity index (χ0) is 41.5. The van der Waals surface area contributed by atoms with Crippen LogP contribution in [0.2, 0.25) is 0 Å². The lowest BCUT2D eigenvalue weighted by atomic mass is 10.1. The molecule has 0 aliphatic rings. The summed E-state index contributed by atoms with van der Waals surface area (Å²) in [4.78, 5) is 37.8. The predicted octanol–water partition coefficient (Wildman–Crippen LogP) is 15.3. The quantitative estimate of drug-likeness (QED) is 0.0265. The zero-order valence-electron chi connectivity index (χ0n) is 37.3. The lowest BCUT2D eigenvalue weighted by molar-refractivity contribution is -0.167. The normalized spacial score (nSPS) is 12.5. The molecule has 0 rings (SSSR count). The molecule has 1 atom stereocenters. The van der Waals surface area contributed by atoms with Crippen LogP contribution in [0, 0.1) is 0 Å². The van der Waals surface area contributed by atoms with E-state index < -0.39 is 6.10 Å². The number of ether oxygens (including phenoxy) is 3. The third-order valence-corrected chi connectivity index (χ3v) is 9.98. The molecule has 0 fully saturated rings. The van der Waals surface area contributed by atoms with Crippen LogP contribution in [0.4, 0.5) is 0 Å². The molecular weight excluding hydrogens is 709 g/mol. The van der Waals surface area contributed by atoms with E-state index >= 15 is 0 Å². The third-order valence-electron chi connectivity index (χ3n) is 9.98. The minimum absolute atomic E-state index is 0.0983. The van der Waals surface area contributed by atoms with Crippen LogP contribution in [-0.4, -0.2) is 37.2 Å². The SMILES string of the molecule is CC/C=C\C/C=C\C/C=C\CCCC(=O)OCC(COC(=O)CCCCCCCCC/C=C\CCCCCC)OC(=O)CCCCC/C=C\CCCCCCCC. The number of unbranched alkanes of at least 4 members (excludes halogenated alkanes) is 21. The van der Waals surface area contributed by atoms with Crippen LogP contribution in [0.15, 0.2) is 60.8 Å². The van der Waals surface area contributed by atoms with Gasteiger partial charge >= 0.3 is 17.9 Å². The first kappa shape index (κ1) is 54.1. The fourth-order valence-corrected chi connectivity index (χ4v) is 6.39. The topological polar surface area (TPSA) is 78.9 Å². The summed E-state index contributed by atoms with van der Waals surface area (Å²) in [5.74, 6) is -0.977. The summed E-state index contributed by atoms with van der Waals surface area (Å²) in [5.41, 5.74) is 0. The van der Waals surface area contributed by atoms with Crippen LogP contribution in [0.1, 0.15) is 226 Å². The van der Waals surface area contributed by atoms with Crippen molar-refractivity contribution in [2.24, 2.45) is 0 Å². The van der Waals surface area contributed by atoms with Crippen LogP contribution in [-0.2, 0) is 28.6 Å². The molecule has 0 heterocycles. The summed E-state index contributed by atoms with van der Waals surface area (Å²) in [6, 6.07) is 0. The summed E-state index contributed by atoms with van der Waals surface area (Å²) in [6.07, 6.45) is 55.0. The van der Waals surface area contributed by atoms with Crippen molar-refractivity contribution in [1.82, 2.24) is 0 Å². The van der Waals surface area contributed by atoms with Gasteiger partial charge in [0.2, 0.25) is 0 Å². The Bertz CT molecular complexity index is 1050. The Balaban J connectivity index is 4.44. The summed E-state index contributed by atoms with van der Waals surface area (Å²) in [6.45, 7) is 6.42. The summed E-state index contributed by atoms with van der Waals surface area (Å²) in [7, 11) is 0. The molecule has 0 spiro atoms. The number of allylic oxidation sites excluding steroid dienone is 10. The van der Waals surface area contributed by atoms with Gasteiger partial charge in [-0.25, -0.2) is 0 Å². The second kappa shape index (κ2) is 45.8. The molecule has 1 unspecified atom stereocenters. The summed E-state index contributed by atoms with van der Waals surface area (Å²) < 4.78 is 16.7. The fraction of sp³-hybridized carbons (Fsp3) is 0.745. The van der Waals surface area contributed by atoms with E-state index in [2.05, 4.69) is 81.5 Å². The first-order valence-electron chi connectivity index (χ1n) is 23.8. The van der Waals surface area contributed by atoms with Crippen molar-refractivity contribution in [2.45, 2.75) is 232 Å². The Morgan fingerprint density at radius 3 is 1.19 bits per heavy atom. The Kier molecular flexibility index (Phi) is 43.5. The minimum atomic E-state index is -0.801. The van der Waals surface area contributed by atoms with Crippen molar-refractivity contribution >= 4 is 17.9 Å². The molecule has 57 heavy (non-hydrogen) atoms. The van der Waals surface area contributed by atoms with Gasteiger partial charge in [0.05, 0.1) is 0 Å². The van der Waals surface area contributed by atoms with Crippen molar-refractivity contribution in [1.29, 1.82) is 0 Å². The highest BCUT2D eigenvalue weighted by Crippen LogP contribution is 2.13. The number of hydrogen-bond donors (Lipinski definition) is 0. The van der Waals surface area contributed by atoms with Crippen molar-refractivity contribution in [3.05, 3.63) is 60.8 Å². The molecule has 0 saturated carbocycles. The number of carbonyl (C=O) groups is 3. The Hall–Kier alpha value is -2.89. The summed E-state index contributed by atoms with van der Waals surface area (Å²) in [5, 5.41) is 0. The van der Waals surface area contributed by atoms with Crippen LogP contribution < -0.4 is 0 Å². The molecule has 0 aliphatic heterocycles. The van der Waals surface area contributed by atoms with Crippen molar-refractivity contribution in [3.8, 4) is 0 Å². The van der Waals surface area contributed by atoms with Gasteiger partial charge in [-0.1, -0.05) is 171 Å². The van der Waals surface area contributed by atoms with Gasteiger partial charge in [0.15, 0.2) is 6.10 Å². The van der Waals surface area contributed by atoms with Crippen LogP contribution in [0.5, 0.6) is 0 Å². The van der Waals surface area contributed by atoms with Gasteiger partial charge in [0.1, 0.15) is 13.2 Å². The fourth-order valence-electron chi connectivity index (χ4n) is 6.39. The lowest BCUT2D eigenvalue weighted by Crippen LogP contribution is -2.30. The van der Waals surface area contributed by atoms with Crippen LogP contribution in [0.3, 0.4) is 0 Å². The molecule has 6 heteroatoms. The Morgan fingerprint density at radius 2 is 0.702 bits per heavy atom. The monoisotopic (exact) mass is 797 g/mol. The smallest absolute Gasteiger partial charge is 0.306 e. The molecule has 0 bridgehead atoms. The number of esters is 3. The maximum absolute atomic E-state index is 12.7.